The summed E-state index contributed by atoms with van der Waals surface area (Å²) < 4.78 is 1.78. The van der Waals surface area contributed by atoms with Crippen molar-refractivity contribution in [3.05, 3.63) is 30.3 Å². The lowest BCUT2D eigenvalue weighted by Gasteiger charge is -2.02. The number of hydrogen-bond acceptors (Lipinski definition) is 4. The normalized spacial score (nSPS) is 11.3. The van der Waals surface area contributed by atoms with Crippen LogP contribution in [0.15, 0.2) is 35.2 Å². The minimum Gasteiger partial charge on any atom is -0.192 e. The van der Waals surface area contributed by atoms with Crippen molar-refractivity contribution >= 4 is 28.3 Å². The molecule has 1 aromatic carbocycles. The van der Waals surface area contributed by atoms with E-state index in [-0.39, 0.29) is 0 Å². The van der Waals surface area contributed by atoms with E-state index >= 15 is 0 Å². The third-order valence-corrected chi connectivity index (χ3v) is 3.10. The van der Waals surface area contributed by atoms with Gasteiger partial charge in [0.2, 0.25) is 0 Å². The summed E-state index contributed by atoms with van der Waals surface area (Å²) in [6.45, 7) is 0. The first-order valence-corrected chi connectivity index (χ1v) is 5.76. The van der Waals surface area contributed by atoms with Crippen LogP contribution in [0.2, 0.25) is 0 Å². The average Bonchev–Trinajstić information content (AvgIpc) is 2.77. The van der Waals surface area contributed by atoms with E-state index in [9.17, 15) is 0 Å². The van der Waals surface area contributed by atoms with Crippen LogP contribution in [0.1, 0.15) is 0 Å². The van der Waals surface area contributed by atoms with Gasteiger partial charge in [-0.25, -0.2) is 0 Å². The molecule has 0 amide bonds. The molecule has 4 nitrogen and oxygen atoms in total. The van der Waals surface area contributed by atoms with Crippen LogP contribution in [0.25, 0.3) is 16.6 Å². The molecule has 0 radical (unpaired) electrons. The van der Waals surface area contributed by atoms with Gasteiger partial charge in [0.1, 0.15) is 0 Å². The van der Waals surface area contributed by atoms with E-state index in [1.165, 1.54) is 0 Å². The SMILES string of the molecule is CSc1cc2ccccc2n2nnnc12. The Morgan fingerprint density at radius 1 is 1.27 bits per heavy atom. The van der Waals surface area contributed by atoms with E-state index in [0.717, 1.165) is 21.4 Å². The van der Waals surface area contributed by atoms with Crippen molar-refractivity contribution in [2.75, 3.05) is 6.26 Å². The minimum absolute atomic E-state index is 0.821. The predicted molar refractivity (Wildman–Crippen MR) is 60.1 cm³/mol. The number of thioether (sulfide) groups is 1. The molecule has 2 heterocycles. The van der Waals surface area contributed by atoms with Gasteiger partial charge in [-0.2, -0.15) is 4.52 Å². The Morgan fingerprint density at radius 2 is 2.13 bits per heavy atom. The molecule has 0 saturated carbocycles. The van der Waals surface area contributed by atoms with Gasteiger partial charge in [0, 0.05) is 5.39 Å². The molecule has 0 aliphatic heterocycles. The third kappa shape index (κ3) is 1.20. The molecular formula is C10H8N4S. The summed E-state index contributed by atoms with van der Waals surface area (Å²) >= 11 is 1.65. The summed E-state index contributed by atoms with van der Waals surface area (Å²) in [4.78, 5) is 1.10. The number of fused-ring (bicyclic) bond motifs is 3. The Kier molecular flexibility index (Phi) is 1.85. The van der Waals surface area contributed by atoms with Crippen molar-refractivity contribution in [2.45, 2.75) is 4.90 Å². The van der Waals surface area contributed by atoms with E-state index in [1.54, 1.807) is 16.3 Å². The summed E-state index contributed by atoms with van der Waals surface area (Å²) in [6.07, 6.45) is 2.03. The fraction of sp³-hybridized carbons (Fsp3) is 0.100. The van der Waals surface area contributed by atoms with Crippen LogP contribution in [0.3, 0.4) is 0 Å². The van der Waals surface area contributed by atoms with E-state index in [1.807, 2.05) is 24.5 Å². The second kappa shape index (κ2) is 3.20. The topological polar surface area (TPSA) is 43.1 Å². The quantitative estimate of drug-likeness (QED) is 0.583. The van der Waals surface area contributed by atoms with E-state index in [0.29, 0.717) is 0 Å². The second-order valence-electron chi connectivity index (χ2n) is 3.19. The van der Waals surface area contributed by atoms with Crippen LogP contribution in [0.4, 0.5) is 0 Å². The van der Waals surface area contributed by atoms with Gasteiger partial charge in [-0.05, 0) is 28.8 Å². The van der Waals surface area contributed by atoms with Crippen molar-refractivity contribution in [3.8, 4) is 0 Å². The monoisotopic (exact) mass is 216 g/mol. The number of nitrogens with zero attached hydrogens (tertiary/aromatic N) is 4. The van der Waals surface area contributed by atoms with Crippen LogP contribution in [0.5, 0.6) is 0 Å². The number of benzene rings is 1. The van der Waals surface area contributed by atoms with Crippen LogP contribution in [-0.4, -0.2) is 26.3 Å². The predicted octanol–water partition coefficient (Wildman–Crippen LogP) is 2.00. The summed E-state index contributed by atoms with van der Waals surface area (Å²) in [6, 6.07) is 10.2. The summed E-state index contributed by atoms with van der Waals surface area (Å²) in [7, 11) is 0. The highest BCUT2D eigenvalue weighted by atomic mass is 32.2. The Hall–Kier alpha value is -1.62. The Bertz CT molecular complexity index is 631. The first kappa shape index (κ1) is 8.67. The van der Waals surface area contributed by atoms with Gasteiger partial charge in [0.05, 0.1) is 10.4 Å². The van der Waals surface area contributed by atoms with E-state index in [4.69, 9.17) is 0 Å². The zero-order valence-corrected chi connectivity index (χ0v) is 8.90. The number of hydrogen-bond donors (Lipinski definition) is 0. The first-order valence-electron chi connectivity index (χ1n) is 4.54. The number of para-hydroxylation sites is 1. The van der Waals surface area contributed by atoms with Gasteiger partial charge in [-0.3, -0.25) is 0 Å². The standard InChI is InChI=1S/C10H8N4S/c1-15-9-6-7-4-2-3-5-8(7)14-10(9)11-12-13-14/h2-6H,1H3. The zero-order chi connectivity index (χ0) is 10.3. The third-order valence-electron chi connectivity index (χ3n) is 2.36. The molecule has 0 unspecified atom stereocenters. The average molecular weight is 216 g/mol. The molecule has 0 aliphatic carbocycles. The van der Waals surface area contributed by atoms with Crippen molar-refractivity contribution in [2.24, 2.45) is 0 Å². The Labute approximate surface area is 90.3 Å². The van der Waals surface area contributed by atoms with Crippen molar-refractivity contribution in [3.63, 3.8) is 0 Å². The summed E-state index contributed by atoms with van der Waals surface area (Å²) in [5.74, 6) is 0. The van der Waals surface area contributed by atoms with Gasteiger partial charge in [-0.1, -0.05) is 18.2 Å². The Balaban J connectivity index is 2.57. The molecule has 0 aliphatic rings. The zero-order valence-electron chi connectivity index (χ0n) is 8.08. The Morgan fingerprint density at radius 3 is 3.00 bits per heavy atom. The van der Waals surface area contributed by atoms with Crippen molar-refractivity contribution in [1.29, 1.82) is 0 Å². The molecule has 3 aromatic rings. The molecule has 0 spiro atoms. The molecule has 0 bridgehead atoms. The van der Waals surface area contributed by atoms with E-state index in [2.05, 4.69) is 27.7 Å². The maximum Gasteiger partial charge on any atom is 0.193 e. The molecule has 0 atom stereocenters. The highest BCUT2D eigenvalue weighted by Crippen LogP contribution is 2.24. The highest BCUT2D eigenvalue weighted by molar-refractivity contribution is 7.98. The van der Waals surface area contributed by atoms with Gasteiger partial charge >= 0.3 is 0 Å². The van der Waals surface area contributed by atoms with Gasteiger partial charge in [0.15, 0.2) is 5.65 Å². The molecule has 2 aromatic heterocycles. The molecule has 3 rings (SSSR count). The minimum atomic E-state index is 0.821. The smallest absolute Gasteiger partial charge is 0.192 e. The highest BCUT2D eigenvalue weighted by Gasteiger charge is 2.07. The molecule has 0 fully saturated rings. The van der Waals surface area contributed by atoms with Gasteiger partial charge < -0.3 is 0 Å². The lowest BCUT2D eigenvalue weighted by Crippen LogP contribution is -1.92. The number of rotatable bonds is 1. The number of pyridine rings is 1. The van der Waals surface area contributed by atoms with Crippen molar-refractivity contribution < 1.29 is 0 Å². The molecule has 0 saturated heterocycles. The van der Waals surface area contributed by atoms with Gasteiger partial charge in [0.25, 0.3) is 0 Å². The largest absolute Gasteiger partial charge is 0.193 e. The molecule has 15 heavy (non-hydrogen) atoms. The molecule has 5 heteroatoms. The summed E-state index contributed by atoms with van der Waals surface area (Å²) in [5.41, 5.74) is 1.86. The number of tetrazole rings is 1. The molecule has 0 N–H and O–H groups in total. The first-order chi connectivity index (χ1) is 7.40. The lowest BCUT2D eigenvalue weighted by atomic mass is 10.2. The second-order valence-corrected chi connectivity index (χ2v) is 4.03. The molecule has 74 valence electrons. The van der Waals surface area contributed by atoms with Gasteiger partial charge in [-0.15, -0.1) is 16.9 Å². The number of aromatic nitrogens is 4. The van der Waals surface area contributed by atoms with Crippen LogP contribution in [0, 0.1) is 0 Å². The van der Waals surface area contributed by atoms with Crippen LogP contribution >= 0.6 is 11.8 Å². The van der Waals surface area contributed by atoms with Crippen molar-refractivity contribution in [1.82, 2.24) is 20.0 Å². The fourth-order valence-electron chi connectivity index (χ4n) is 1.66. The summed E-state index contributed by atoms with van der Waals surface area (Å²) in [5, 5.41) is 12.9. The maximum atomic E-state index is 4.02. The maximum absolute atomic E-state index is 4.02. The fourth-order valence-corrected chi connectivity index (χ4v) is 2.22. The van der Waals surface area contributed by atoms with Crippen LogP contribution in [-0.2, 0) is 0 Å². The van der Waals surface area contributed by atoms with Crippen LogP contribution < -0.4 is 0 Å². The molecular weight excluding hydrogens is 208 g/mol. The lowest BCUT2D eigenvalue weighted by molar-refractivity contribution is 0.841. The van der Waals surface area contributed by atoms with E-state index < -0.39 is 0 Å².